The van der Waals surface area contributed by atoms with Crippen LogP contribution in [-0.4, -0.2) is 25.3 Å². The number of ether oxygens (including phenoxy) is 1. The molecule has 0 amide bonds. The van der Waals surface area contributed by atoms with Crippen molar-refractivity contribution in [2.24, 2.45) is 0 Å². The predicted octanol–water partition coefficient (Wildman–Crippen LogP) is 1.41. The first kappa shape index (κ1) is 9.92. The van der Waals surface area contributed by atoms with Gasteiger partial charge in [-0.1, -0.05) is 13.8 Å². The fourth-order valence-electron chi connectivity index (χ4n) is 1.18. The van der Waals surface area contributed by atoms with Gasteiger partial charge in [-0.2, -0.15) is 0 Å². The molecule has 10 heavy (non-hydrogen) atoms. The summed E-state index contributed by atoms with van der Waals surface area (Å²) in [6.45, 7) is 9.30. The largest absolute Gasteiger partial charge is 0.383 e. The van der Waals surface area contributed by atoms with E-state index in [0.717, 1.165) is 6.61 Å². The van der Waals surface area contributed by atoms with E-state index in [1.54, 1.807) is 7.11 Å². The van der Waals surface area contributed by atoms with Gasteiger partial charge in [-0.3, -0.25) is 0 Å². The first-order chi connectivity index (χ1) is 4.48. The smallest absolute Gasteiger partial charge is 0.0639 e. The van der Waals surface area contributed by atoms with E-state index in [-0.39, 0.29) is 5.54 Å². The van der Waals surface area contributed by atoms with Gasteiger partial charge in [0, 0.05) is 18.7 Å². The molecule has 1 N–H and O–H groups in total. The standard InChI is InChI=1S/C8H19NO/c1-7(2)9-8(3,4)6-10-5/h7,9H,6H2,1-5H3. The van der Waals surface area contributed by atoms with Crippen molar-refractivity contribution >= 4 is 0 Å². The minimum Gasteiger partial charge on any atom is -0.383 e. The monoisotopic (exact) mass is 145 g/mol. The summed E-state index contributed by atoms with van der Waals surface area (Å²) in [5, 5.41) is 3.40. The molecule has 0 aromatic rings. The molecule has 0 aliphatic heterocycles. The maximum Gasteiger partial charge on any atom is 0.0639 e. The van der Waals surface area contributed by atoms with Gasteiger partial charge in [0.15, 0.2) is 0 Å². The Kier molecular flexibility index (Phi) is 3.91. The van der Waals surface area contributed by atoms with E-state index in [2.05, 4.69) is 33.0 Å². The average molecular weight is 145 g/mol. The highest BCUT2D eigenvalue weighted by molar-refractivity contribution is 4.78. The van der Waals surface area contributed by atoms with Gasteiger partial charge in [-0.25, -0.2) is 0 Å². The summed E-state index contributed by atoms with van der Waals surface area (Å²) in [6.07, 6.45) is 0. The van der Waals surface area contributed by atoms with E-state index in [9.17, 15) is 0 Å². The van der Waals surface area contributed by atoms with Crippen LogP contribution in [0, 0.1) is 0 Å². The van der Waals surface area contributed by atoms with Crippen LogP contribution < -0.4 is 5.32 Å². The van der Waals surface area contributed by atoms with Crippen LogP contribution in [0.4, 0.5) is 0 Å². The lowest BCUT2D eigenvalue weighted by Gasteiger charge is -2.27. The quantitative estimate of drug-likeness (QED) is 0.646. The average Bonchev–Trinajstić information content (AvgIpc) is 1.59. The molecular weight excluding hydrogens is 126 g/mol. The summed E-state index contributed by atoms with van der Waals surface area (Å²) >= 11 is 0. The number of rotatable bonds is 4. The molecule has 0 fully saturated rings. The number of methoxy groups -OCH3 is 1. The third-order valence-electron chi connectivity index (χ3n) is 1.18. The minimum absolute atomic E-state index is 0.100. The minimum atomic E-state index is 0.100. The Bertz CT molecular complexity index is 89.3. The molecule has 0 aromatic carbocycles. The van der Waals surface area contributed by atoms with E-state index < -0.39 is 0 Å². The van der Waals surface area contributed by atoms with Crippen molar-refractivity contribution in [2.45, 2.75) is 39.3 Å². The second-order valence-electron chi connectivity index (χ2n) is 3.62. The third kappa shape index (κ3) is 4.77. The highest BCUT2D eigenvalue weighted by Gasteiger charge is 2.17. The second kappa shape index (κ2) is 3.94. The summed E-state index contributed by atoms with van der Waals surface area (Å²) in [7, 11) is 1.73. The van der Waals surface area contributed by atoms with Crippen LogP contribution >= 0.6 is 0 Å². The lowest BCUT2D eigenvalue weighted by atomic mass is 10.1. The molecule has 0 aromatic heterocycles. The van der Waals surface area contributed by atoms with E-state index in [4.69, 9.17) is 4.74 Å². The van der Waals surface area contributed by atoms with Crippen molar-refractivity contribution < 1.29 is 4.74 Å². The molecule has 0 heterocycles. The molecule has 0 rings (SSSR count). The Morgan fingerprint density at radius 3 is 2.20 bits per heavy atom. The van der Waals surface area contributed by atoms with Crippen molar-refractivity contribution in [1.82, 2.24) is 5.32 Å². The van der Waals surface area contributed by atoms with Gasteiger partial charge in [0.25, 0.3) is 0 Å². The first-order valence-electron chi connectivity index (χ1n) is 3.74. The molecule has 2 heteroatoms. The van der Waals surface area contributed by atoms with E-state index in [1.807, 2.05) is 0 Å². The molecular formula is C8H19NO. The molecule has 0 aliphatic carbocycles. The van der Waals surface area contributed by atoms with Gasteiger partial charge in [0.05, 0.1) is 6.61 Å². The van der Waals surface area contributed by atoms with Gasteiger partial charge in [0.2, 0.25) is 0 Å². The maximum atomic E-state index is 5.04. The zero-order chi connectivity index (χ0) is 8.20. The van der Waals surface area contributed by atoms with Crippen molar-refractivity contribution in [2.75, 3.05) is 13.7 Å². The zero-order valence-electron chi connectivity index (χ0n) is 7.69. The predicted molar refractivity (Wildman–Crippen MR) is 44.2 cm³/mol. The fraction of sp³-hybridized carbons (Fsp3) is 1.00. The van der Waals surface area contributed by atoms with Crippen molar-refractivity contribution in [3.8, 4) is 0 Å². The Labute approximate surface area is 64.0 Å². The maximum absolute atomic E-state index is 5.04. The Morgan fingerprint density at radius 2 is 1.90 bits per heavy atom. The molecule has 0 atom stereocenters. The molecule has 62 valence electrons. The van der Waals surface area contributed by atoms with Gasteiger partial charge >= 0.3 is 0 Å². The Balaban J connectivity index is 3.63. The summed E-state index contributed by atoms with van der Waals surface area (Å²) in [5.41, 5.74) is 0.100. The number of hydrogen-bond donors (Lipinski definition) is 1. The van der Waals surface area contributed by atoms with E-state index in [1.165, 1.54) is 0 Å². The highest BCUT2D eigenvalue weighted by atomic mass is 16.5. The van der Waals surface area contributed by atoms with Crippen molar-refractivity contribution in [3.63, 3.8) is 0 Å². The normalized spacial score (nSPS) is 12.6. The summed E-state index contributed by atoms with van der Waals surface area (Å²) < 4.78 is 5.04. The summed E-state index contributed by atoms with van der Waals surface area (Å²) in [5.74, 6) is 0. The molecule has 0 aliphatic rings. The second-order valence-corrected chi connectivity index (χ2v) is 3.62. The van der Waals surface area contributed by atoms with Gasteiger partial charge in [-0.05, 0) is 13.8 Å². The molecule has 0 unspecified atom stereocenters. The molecule has 0 saturated heterocycles. The SMILES string of the molecule is COCC(C)(C)NC(C)C. The van der Waals surface area contributed by atoms with Crippen LogP contribution in [0.3, 0.4) is 0 Å². The zero-order valence-corrected chi connectivity index (χ0v) is 7.69. The van der Waals surface area contributed by atoms with Crippen LogP contribution in [0.25, 0.3) is 0 Å². The summed E-state index contributed by atoms with van der Waals surface area (Å²) in [6, 6.07) is 0.519. The number of hydrogen-bond acceptors (Lipinski definition) is 2. The molecule has 0 radical (unpaired) electrons. The van der Waals surface area contributed by atoms with Crippen LogP contribution in [0.1, 0.15) is 27.7 Å². The van der Waals surface area contributed by atoms with Crippen LogP contribution in [-0.2, 0) is 4.74 Å². The Morgan fingerprint density at radius 1 is 1.40 bits per heavy atom. The molecule has 0 spiro atoms. The van der Waals surface area contributed by atoms with Gasteiger partial charge in [-0.15, -0.1) is 0 Å². The highest BCUT2D eigenvalue weighted by Crippen LogP contribution is 2.02. The number of nitrogens with one attached hydrogen (secondary N) is 1. The third-order valence-corrected chi connectivity index (χ3v) is 1.18. The fourth-order valence-corrected chi connectivity index (χ4v) is 1.18. The lowest BCUT2D eigenvalue weighted by Crippen LogP contribution is -2.46. The Hall–Kier alpha value is -0.0800. The van der Waals surface area contributed by atoms with Crippen molar-refractivity contribution in [1.29, 1.82) is 0 Å². The summed E-state index contributed by atoms with van der Waals surface area (Å²) in [4.78, 5) is 0. The molecule has 2 nitrogen and oxygen atoms in total. The van der Waals surface area contributed by atoms with E-state index >= 15 is 0 Å². The van der Waals surface area contributed by atoms with Crippen LogP contribution in [0.15, 0.2) is 0 Å². The van der Waals surface area contributed by atoms with Crippen LogP contribution in [0.2, 0.25) is 0 Å². The first-order valence-corrected chi connectivity index (χ1v) is 3.74. The topological polar surface area (TPSA) is 21.3 Å². The molecule has 0 saturated carbocycles. The van der Waals surface area contributed by atoms with Gasteiger partial charge < -0.3 is 10.1 Å². The van der Waals surface area contributed by atoms with Crippen molar-refractivity contribution in [3.05, 3.63) is 0 Å². The molecule has 0 bridgehead atoms. The lowest BCUT2D eigenvalue weighted by molar-refractivity contribution is 0.123. The van der Waals surface area contributed by atoms with E-state index in [0.29, 0.717) is 6.04 Å². The van der Waals surface area contributed by atoms with Crippen LogP contribution in [0.5, 0.6) is 0 Å². The van der Waals surface area contributed by atoms with Gasteiger partial charge in [0.1, 0.15) is 0 Å².